The van der Waals surface area contributed by atoms with E-state index in [1.54, 1.807) is 13.8 Å². The summed E-state index contributed by atoms with van der Waals surface area (Å²) in [7, 11) is -1.50. The van der Waals surface area contributed by atoms with Crippen LogP contribution in [-0.2, 0) is 9.73 Å². The minimum atomic E-state index is -3.00. The van der Waals surface area contributed by atoms with Crippen molar-refractivity contribution in [1.29, 1.82) is 0 Å². The number of benzene rings is 1. The zero-order chi connectivity index (χ0) is 22.1. The molecule has 3 rings (SSSR count). The van der Waals surface area contributed by atoms with Crippen molar-refractivity contribution in [3.8, 4) is 0 Å². The van der Waals surface area contributed by atoms with Crippen LogP contribution in [0.2, 0.25) is 0 Å². The number of rotatable bonds is 5. The molecular formula is C20H23F2N5O2S. The fraction of sp³-hybridized carbons (Fsp3) is 0.350. The van der Waals surface area contributed by atoms with Crippen LogP contribution in [-0.4, -0.2) is 39.3 Å². The van der Waals surface area contributed by atoms with E-state index in [1.165, 1.54) is 31.3 Å². The maximum Gasteiger partial charge on any atom is 0.274 e. The summed E-state index contributed by atoms with van der Waals surface area (Å²) in [5.74, 6) is -1.51. The quantitative estimate of drug-likeness (QED) is 0.555. The number of hydrogen-bond donors (Lipinski definition) is 2. The molecule has 0 saturated carbocycles. The van der Waals surface area contributed by atoms with Crippen molar-refractivity contribution in [3.05, 3.63) is 59.4 Å². The molecule has 0 fully saturated rings. The number of nitrogens with zero attached hydrogens (tertiary/aromatic N) is 3. The van der Waals surface area contributed by atoms with E-state index in [9.17, 15) is 17.8 Å². The molecule has 1 amide bonds. The normalized spacial score (nSPS) is 21.9. The lowest BCUT2D eigenvalue weighted by Gasteiger charge is -2.31. The molecule has 0 bridgehead atoms. The Bertz CT molecular complexity index is 1120. The average molecular weight is 436 g/mol. The van der Waals surface area contributed by atoms with E-state index in [0.717, 1.165) is 12.3 Å². The van der Waals surface area contributed by atoms with Crippen LogP contribution >= 0.6 is 0 Å². The van der Waals surface area contributed by atoms with Crippen molar-refractivity contribution in [2.45, 2.75) is 30.3 Å². The van der Waals surface area contributed by atoms with Gasteiger partial charge in [-0.05, 0) is 50.6 Å². The van der Waals surface area contributed by atoms with Crippen LogP contribution in [0.15, 0.2) is 45.9 Å². The number of aliphatic imine (C=N–C) groups is 1. The molecule has 3 N–H and O–H groups in total. The molecule has 7 nitrogen and oxygen atoms in total. The number of halogens is 2. The summed E-state index contributed by atoms with van der Waals surface area (Å²) in [4.78, 5) is 20.1. The summed E-state index contributed by atoms with van der Waals surface area (Å²) in [5, 5.41) is 1.89. The van der Waals surface area contributed by atoms with Gasteiger partial charge in [-0.25, -0.2) is 22.3 Å². The molecule has 0 aliphatic carbocycles. The van der Waals surface area contributed by atoms with E-state index in [4.69, 9.17) is 5.73 Å². The van der Waals surface area contributed by atoms with Gasteiger partial charge in [-0.3, -0.25) is 9.79 Å². The largest absolute Gasteiger partial charge is 0.386 e. The number of nitrogens with one attached hydrogen (secondary N) is 1. The number of carbonyl (C=O) groups is 1. The minimum Gasteiger partial charge on any atom is -0.386 e. The van der Waals surface area contributed by atoms with Crippen LogP contribution in [0.25, 0.3) is 0 Å². The van der Waals surface area contributed by atoms with Gasteiger partial charge in [-0.2, -0.15) is 0 Å². The van der Waals surface area contributed by atoms with Crippen LogP contribution in [0, 0.1) is 11.6 Å². The van der Waals surface area contributed by atoms with E-state index in [-0.39, 0.29) is 17.1 Å². The molecule has 0 spiro atoms. The molecule has 1 aromatic heterocycles. The Kier molecular flexibility index (Phi) is 5.89. The first kappa shape index (κ1) is 21.8. The van der Waals surface area contributed by atoms with Gasteiger partial charge in [0.25, 0.3) is 5.91 Å². The van der Waals surface area contributed by atoms with Gasteiger partial charge in [0.05, 0.1) is 21.2 Å². The second-order valence-electron chi connectivity index (χ2n) is 7.37. The third-order valence-corrected chi connectivity index (χ3v) is 8.71. The molecule has 10 heteroatoms. The van der Waals surface area contributed by atoms with Crippen LogP contribution in [0.4, 0.5) is 14.5 Å². The number of carbonyl (C=O) groups excluding carboxylic acids is 1. The summed E-state index contributed by atoms with van der Waals surface area (Å²) in [6, 6.07) is 6.39. The number of hydrogen-bond acceptors (Lipinski definition) is 5. The summed E-state index contributed by atoms with van der Waals surface area (Å²) in [6.45, 7) is 3.67. The van der Waals surface area contributed by atoms with Gasteiger partial charge in [0, 0.05) is 24.8 Å². The molecule has 1 aliphatic rings. The molecule has 0 radical (unpaired) electrons. The lowest BCUT2D eigenvalue weighted by Crippen LogP contribution is -2.46. The second kappa shape index (κ2) is 8.10. The van der Waals surface area contributed by atoms with Gasteiger partial charge >= 0.3 is 0 Å². The summed E-state index contributed by atoms with van der Waals surface area (Å²) < 4.78 is 44.9. The standard InChI is InChI=1S/C20H23F2N5O2S/c1-20(2,19(23)24-3)30(29)17(8-9-26-30)14-10-13(5-6-15(14)22)27-18(28)16-7-4-12(21)11-25-16/h4-7,10-11,17H,8-9H2,1-3H3,(H2,23,24)(H,27,28)/t17-,30?/m0/s1. The minimum absolute atomic E-state index is 0.00926. The van der Waals surface area contributed by atoms with Gasteiger partial charge in [0.2, 0.25) is 0 Å². The number of anilines is 1. The fourth-order valence-electron chi connectivity index (χ4n) is 3.39. The van der Waals surface area contributed by atoms with Crippen molar-refractivity contribution in [1.82, 2.24) is 4.98 Å². The number of amides is 1. The van der Waals surface area contributed by atoms with Crippen LogP contribution in [0.3, 0.4) is 0 Å². The molecule has 0 saturated heterocycles. The van der Waals surface area contributed by atoms with Crippen LogP contribution < -0.4 is 11.1 Å². The second-order valence-corrected chi connectivity index (χ2v) is 10.4. The highest BCUT2D eigenvalue weighted by Gasteiger charge is 2.45. The van der Waals surface area contributed by atoms with Crippen molar-refractivity contribution in [3.63, 3.8) is 0 Å². The molecule has 160 valence electrons. The molecule has 1 aliphatic heterocycles. The Labute approximate surface area is 174 Å². The van der Waals surface area contributed by atoms with Crippen LogP contribution in [0.5, 0.6) is 0 Å². The van der Waals surface area contributed by atoms with Crippen molar-refractivity contribution >= 4 is 27.2 Å². The van der Waals surface area contributed by atoms with Crippen LogP contribution in [0.1, 0.15) is 41.6 Å². The SMILES string of the molecule is C/N=C(/N)C(C)(C)S1(=O)=NCC[C@H]1c1cc(NC(=O)c2ccc(F)cn2)ccc1F. The Morgan fingerprint density at radius 3 is 2.67 bits per heavy atom. The Morgan fingerprint density at radius 2 is 2.03 bits per heavy atom. The van der Waals surface area contributed by atoms with E-state index < -0.39 is 37.3 Å². The van der Waals surface area contributed by atoms with E-state index >= 15 is 0 Å². The smallest absolute Gasteiger partial charge is 0.274 e. The first-order valence-electron chi connectivity index (χ1n) is 9.26. The molecule has 1 unspecified atom stereocenters. The monoisotopic (exact) mass is 435 g/mol. The van der Waals surface area contributed by atoms with Crippen molar-refractivity contribution in [2.75, 3.05) is 18.9 Å². The van der Waals surface area contributed by atoms with Gasteiger partial charge < -0.3 is 11.1 Å². The fourth-order valence-corrected chi connectivity index (χ4v) is 6.32. The molecule has 1 aromatic carbocycles. The molecule has 2 atom stereocenters. The number of nitrogens with two attached hydrogens (primary N) is 1. The average Bonchev–Trinajstić information content (AvgIpc) is 3.12. The molecular weight excluding hydrogens is 412 g/mol. The first-order valence-corrected chi connectivity index (χ1v) is 10.8. The highest BCUT2D eigenvalue weighted by molar-refractivity contribution is 7.96. The highest BCUT2D eigenvalue weighted by atomic mass is 32.2. The molecule has 2 heterocycles. The number of amidine groups is 1. The van der Waals surface area contributed by atoms with Gasteiger partial charge in [0.15, 0.2) is 0 Å². The van der Waals surface area contributed by atoms with Crippen molar-refractivity contribution < 1.29 is 17.8 Å². The molecule has 2 aromatic rings. The summed E-state index contributed by atoms with van der Waals surface area (Å²) in [5.41, 5.74) is 6.48. The Hall–Kier alpha value is -2.88. The lowest BCUT2D eigenvalue weighted by molar-refractivity contribution is 0.102. The maximum atomic E-state index is 14.7. The molecule has 30 heavy (non-hydrogen) atoms. The van der Waals surface area contributed by atoms with Gasteiger partial charge in [-0.1, -0.05) is 0 Å². The zero-order valence-electron chi connectivity index (χ0n) is 16.9. The number of pyridine rings is 1. The third-order valence-electron chi connectivity index (χ3n) is 5.21. The summed E-state index contributed by atoms with van der Waals surface area (Å²) in [6.07, 6.45) is 1.31. The topological polar surface area (TPSA) is 110 Å². The number of aromatic nitrogens is 1. The lowest BCUT2D eigenvalue weighted by atomic mass is 10.1. The predicted octanol–water partition coefficient (Wildman–Crippen LogP) is 3.29. The Balaban J connectivity index is 1.95. The van der Waals surface area contributed by atoms with Gasteiger partial charge in [-0.15, -0.1) is 0 Å². The van der Waals surface area contributed by atoms with E-state index in [0.29, 0.717) is 18.7 Å². The Morgan fingerprint density at radius 1 is 1.30 bits per heavy atom. The highest BCUT2D eigenvalue weighted by Crippen LogP contribution is 2.42. The van der Waals surface area contributed by atoms with E-state index in [2.05, 4.69) is 19.7 Å². The summed E-state index contributed by atoms with van der Waals surface area (Å²) >= 11 is 0. The van der Waals surface area contributed by atoms with Gasteiger partial charge in [0.1, 0.15) is 27.9 Å². The zero-order valence-corrected chi connectivity index (χ0v) is 17.7. The third kappa shape index (κ3) is 3.79. The van der Waals surface area contributed by atoms with E-state index in [1.807, 2.05) is 0 Å². The van der Waals surface area contributed by atoms with Crippen molar-refractivity contribution in [2.24, 2.45) is 15.1 Å². The first-order chi connectivity index (χ1) is 14.1. The maximum absolute atomic E-state index is 14.7. The predicted molar refractivity (Wildman–Crippen MR) is 113 cm³/mol.